The highest BCUT2D eigenvalue weighted by atomic mass is 35.5. The van der Waals surface area contributed by atoms with Crippen LogP contribution in [0.4, 0.5) is 0 Å². The van der Waals surface area contributed by atoms with Crippen molar-refractivity contribution in [2.45, 2.75) is 26.2 Å². The maximum atomic E-state index is 12.1. The van der Waals surface area contributed by atoms with Gasteiger partial charge in [0.2, 0.25) is 0 Å². The van der Waals surface area contributed by atoms with Crippen LogP contribution >= 0.6 is 23.2 Å². The molecule has 0 saturated carbocycles. The predicted molar refractivity (Wildman–Crippen MR) is 94.7 cm³/mol. The van der Waals surface area contributed by atoms with Crippen LogP contribution in [-0.2, 0) is 16.1 Å². The van der Waals surface area contributed by atoms with Crippen molar-refractivity contribution in [3.8, 4) is 0 Å². The minimum absolute atomic E-state index is 0.0528. The summed E-state index contributed by atoms with van der Waals surface area (Å²) in [5.41, 5.74) is 2.89. The molecule has 24 heavy (non-hydrogen) atoms. The maximum Gasteiger partial charge on any atom is 0.139 e. The van der Waals surface area contributed by atoms with Crippen molar-refractivity contribution in [2.24, 2.45) is 5.16 Å². The summed E-state index contributed by atoms with van der Waals surface area (Å²) in [6.07, 6.45) is 0.997. The molecule has 0 amide bonds. The molecule has 0 spiro atoms. The van der Waals surface area contributed by atoms with Crippen molar-refractivity contribution in [3.63, 3.8) is 0 Å². The first-order valence-corrected chi connectivity index (χ1v) is 8.11. The molecule has 2 aromatic rings. The molecule has 0 fully saturated rings. The molecular formula is C17H17Cl2N3O2. The second-order valence-electron chi connectivity index (χ2n) is 5.23. The van der Waals surface area contributed by atoms with Crippen LogP contribution in [0.1, 0.15) is 29.8 Å². The Labute approximate surface area is 150 Å². The zero-order valence-corrected chi connectivity index (χ0v) is 14.9. The first-order chi connectivity index (χ1) is 11.5. The van der Waals surface area contributed by atoms with Crippen LogP contribution in [0.5, 0.6) is 0 Å². The number of nitrogens with zero attached hydrogens (tertiary/aromatic N) is 3. The monoisotopic (exact) mass is 365 g/mol. The molecule has 2 rings (SSSR count). The molecular weight excluding hydrogens is 349 g/mol. The minimum Gasteiger partial charge on any atom is -0.399 e. The van der Waals surface area contributed by atoms with Gasteiger partial charge >= 0.3 is 0 Å². The third-order valence-corrected chi connectivity index (χ3v) is 4.07. The Hall–Kier alpha value is -1.98. The van der Waals surface area contributed by atoms with Crippen LogP contribution in [-0.4, -0.2) is 28.8 Å². The van der Waals surface area contributed by atoms with Gasteiger partial charge in [0.1, 0.15) is 12.9 Å². The fourth-order valence-corrected chi connectivity index (χ4v) is 2.40. The Balaban J connectivity index is 2.00. The van der Waals surface area contributed by atoms with Crippen LogP contribution < -0.4 is 0 Å². The van der Waals surface area contributed by atoms with Gasteiger partial charge in [-0.3, -0.25) is 4.79 Å². The lowest BCUT2D eigenvalue weighted by Gasteiger charge is -2.07. The highest BCUT2D eigenvalue weighted by Crippen LogP contribution is 2.23. The van der Waals surface area contributed by atoms with Crippen LogP contribution in [0, 0.1) is 6.92 Å². The number of benzene rings is 1. The number of oxime groups is 1. The molecule has 0 saturated heterocycles. The Morgan fingerprint density at radius 3 is 2.54 bits per heavy atom. The Kier molecular flexibility index (Phi) is 6.70. The predicted octanol–water partition coefficient (Wildman–Crippen LogP) is 4.03. The van der Waals surface area contributed by atoms with E-state index in [4.69, 9.17) is 28.0 Å². The number of rotatable bonds is 7. The summed E-state index contributed by atoms with van der Waals surface area (Å²) in [6, 6.07) is 8.83. The van der Waals surface area contributed by atoms with Gasteiger partial charge in [0.05, 0.1) is 33.6 Å². The molecule has 0 bridgehead atoms. The Bertz CT molecular complexity index is 746. The van der Waals surface area contributed by atoms with Crippen LogP contribution in [0.3, 0.4) is 0 Å². The molecule has 7 heteroatoms. The summed E-state index contributed by atoms with van der Waals surface area (Å²) in [4.78, 5) is 17.0. The molecule has 0 aliphatic rings. The summed E-state index contributed by atoms with van der Waals surface area (Å²) in [7, 11) is 1.46. The van der Waals surface area contributed by atoms with E-state index < -0.39 is 0 Å². The molecule has 0 radical (unpaired) electrons. The molecule has 0 atom stereocenters. The van der Waals surface area contributed by atoms with Crippen LogP contribution in [0.15, 0.2) is 35.5 Å². The number of Topliss-reactive ketones (excluding diaryl/α,β-unsaturated/α-hetero) is 1. The number of aromatic nitrogens is 2. The zero-order valence-electron chi connectivity index (χ0n) is 13.4. The van der Waals surface area contributed by atoms with Gasteiger partial charge in [0.25, 0.3) is 0 Å². The number of carbonyl (C=O) groups is 1. The molecule has 126 valence electrons. The minimum atomic E-state index is 0.0528. The van der Waals surface area contributed by atoms with Gasteiger partial charge in [-0.2, -0.15) is 10.2 Å². The average molecular weight is 366 g/mol. The van der Waals surface area contributed by atoms with Gasteiger partial charge in [-0.05, 0) is 31.2 Å². The first kappa shape index (κ1) is 18.4. The Morgan fingerprint density at radius 1 is 1.12 bits per heavy atom. The summed E-state index contributed by atoms with van der Waals surface area (Å²) in [6.45, 7) is 1.85. The van der Waals surface area contributed by atoms with Gasteiger partial charge in [-0.1, -0.05) is 34.4 Å². The number of carbonyl (C=O) groups excluding carboxylic acids is 1. The van der Waals surface area contributed by atoms with Crippen molar-refractivity contribution < 1.29 is 9.63 Å². The number of halogens is 2. The van der Waals surface area contributed by atoms with Gasteiger partial charge in [0, 0.05) is 18.4 Å². The number of aryl methyl sites for hydroxylation is 1. The molecule has 5 nitrogen and oxygen atoms in total. The van der Waals surface area contributed by atoms with E-state index in [-0.39, 0.29) is 12.2 Å². The van der Waals surface area contributed by atoms with E-state index in [2.05, 4.69) is 15.4 Å². The second-order valence-corrected chi connectivity index (χ2v) is 6.05. The fraction of sp³-hybridized carbons (Fsp3) is 0.294. The molecule has 1 aromatic carbocycles. The maximum absolute atomic E-state index is 12.1. The summed E-state index contributed by atoms with van der Waals surface area (Å²) in [5, 5.41) is 12.8. The number of ketones is 1. The molecule has 0 unspecified atom stereocenters. The van der Waals surface area contributed by atoms with E-state index in [1.54, 1.807) is 18.2 Å². The molecule has 0 N–H and O–H groups in total. The molecule has 1 heterocycles. The molecule has 1 aromatic heterocycles. The highest BCUT2D eigenvalue weighted by molar-refractivity contribution is 6.42. The lowest BCUT2D eigenvalue weighted by atomic mass is 10.0. The first-order valence-electron chi connectivity index (χ1n) is 7.36. The van der Waals surface area contributed by atoms with Crippen molar-refractivity contribution >= 4 is 34.7 Å². The van der Waals surface area contributed by atoms with Crippen molar-refractivity contribution in [1.29, 1.82) is 0 Å². The van der Waals surface area contributed by atoms with Gasteiger partial charge in [0.15, 0.2) is 0 Å². The number of hydrogen-bond donors (Lipinski definition) is 0. The normalized spacial score (nSPS) is 11.4. The van der Waals surface area contributed by atoms with Crippen molar-refractivity contribution in [3.05, 3.63) is 57.3 Å². The lowest BCUT2D eigenvalue weighted by molar-refractivity contribution is -0.118. The van der Waals surface area contributed by atoms with Crippen LogP contribution in [0.25, 0.3) is 0 Å². The van der Waals surface area contributed by atoms with E-state index in [1.807, 2.05) is 19.1 Å². The standard InChI is InChI=1S/C17H17Cl2N3O2/c1-11-3-5-13(21-20-11)10-14(23)6-8-17(22-24-2)12-4-7-15(18)16(19)9-12/h3-5,7,9H,6,8,10H2,1-2H3. The van der Waals surface area contributed by atoms with E-state index in [0.717, 1.165) is 11.3 Å². The Morgan fingerprint density at radius 2 is 1.92 bits per heavy atom. The average Bonchev–Trinajstić information content (AvgIpc) is 2.56. The van der Waals surface area contributed by atoms with E-state index >= 15 is 0 Å². The SMILES string of the molecule is CON=C(CCC(=O)Cc1ccc(C)nn1)c1ccc(Cl)c(Cl)c1. The number of hydrogen-bond acceptors (Lipinski definition) is 5. The third kappa shape index (κ3) is 5.28. The third-order valence-electron chi connectivity index (χ3n) is 3.33. The van der Waals surface area contributed by atoms with E-state index in [9.17, 15) is 4.79 Å². The topological polar surface area (TPSA) is 64.4 Å². The van der Waals surface area contributed by atoms with Gasteiger partial charge < -0.3 is 4.84 Å². The molecule has 0 aliphatic carbocycles. The summed E-state index contributed by atoms with van der Waals surface area (Å²) < 4.78 is 0. The second kappa shape index (κ2) is 8.76. The summed E-state index contributed by atoms with van der Waals surface area (Å²) >= 11 is 12.0. The highest BCUT2D eigenvalue weighted by Gasteiger charge is 2.12. The molecule has 0 aliphatic heterocycles. The zero-order chi connectivity index (χ0) is 17.5. The van der Waals surface area contributed by atoms with Crippen molar-refractivity contribution in [1.82, 2.24) is 10.2 Å². The van der Waals surface area contributed by atoms with E-state index in [1.165, 1.54) is 7.11 Å². The summed E-state index contributed by atoms with van der Waals surface area (Å²) in [5.74, 6) is 0.0528. The fourth-order valence-electron chi connectivity index (χ4n) is 2.10. The van der Waals surface area contributed by atoms with Crippen LogP contribution in [0.2, 0.25) is 10.0 Å². The van der Waals surface area contributed by atoms with E-state index in [0.29, 0.717) is 34.3 Å². The largest absolute Gasteiger partial charge is 0.399 e. The van der Waals surface area contributed by atoms with Gasteiger partial charge in [-0.15, -0.1) is 0 Å². The van der Waals surface area contributed by atoms with Crippen molar-refractivity contribution in [2.75, 3.05) is 7.11 Å². The smallest absolute Gasteiger partial charge is 0.139 e. The lowest BCUT2D eigenvalue weighted by Crippen LogP contribution is -2.10. The van der Waals surface area contributed by atoms with Gasteiger partial charge in [-0.25, -0.2) is 0 Å². The quantitative estimate of drug-likeness (QED) is 0.548.